The van der Waals surface area contributed by atoms with Crippen molar-refractivity contribution < 1.29 is 19.3 Å². The van der Waals surface area contributed by atoms with Gasteiger partial charge in [0.2, 0.25) is 0 Å². The molecule has 0 aromatic heterocycles. The minimum atomic E-state index is -0.630. The summed E-state index contributed by atoms with van der Waals surface area (Å²) in [6.07, 6.45) is 0. The fourth-order valence-corrected chi connectivity index (χ4v) is 1.17. The first-order valence-corrected chi connectivity index (χ1v) is 3.77. The van der Waals surface area contributed by atoms with Crippen molar-refractivity contribution in [1.82, 2.24) is 0 Å². The molecule has 1 rings (SSSR count). The summed E-state index contributed by atoms with van der Waals surface area (Å²) in [6.45, 7) is 1.27. The molecular formula is C9H11FO3. The fourth-order valence-electron chi connectivity index (χ4n) is 1.17. The third kappa shape index (κ3) is 1.58. The fraction of sp³-hybridized carbons (Fsp3) is 0.333. The Bertz CT molecular complexity index is 295. The summed E-state index contributed by atoms with van der Waals surface area (Å²) in [6, 6.07) is 1.21. The quantitative estimate of drug-likeness (QED) is 0.732. The first-order valence-electron chi connectivity index (χ1n) is 3.77. The van der Waals surface area contributed by atoms with Crippen LogP contribution in [-0.4, -0.2) is 17.3 Å². The van der Waals surface area contributed by atoms with Gasteiger partial charge in [0.25, 0.3) is 0 Å². The second kappa shape index (κ2) is 3.62. The van der Waals surface area contributed by atoms with Crippen molar-refractivity contribution in [1.29, 1.82) is 0 Å². The van der Waals surface area contributed by atoms with Crippen LogP contribution in [0.3, 0.4) is 0 Å². The predicted molar refractivity (Wildman–Crippen MR) is 45.3 cm³/mol. The SMILES string of the molecule is COc1c(F)cc(C)c(CO)c1O. The minimum Gasteiger partial charge on any atom is -0.504 e. The van der Waals surface area contributed by atoms with E-state index in [1.54, 1.807) is 6.92 Å². The molecule has 0 saturated heterocycles. The van der Waals surface area contributed by atoms with E-state index in [0.717, 1.165) is 0 Å². The number of hydrogen-bond donors (Lipinski definition) is 2. The topological polar surface area (TPSA) is 49.7 Å². The number of benzene rings is 1. The van der Waals surface area contributed by atoms with Gasteiger partial charge in [-0.25, -0.2) is 4.39 Å². The summed E-state index contributed by atoms with van der Waals surface area (Å²) < 4.78 is 17.7. The number of halogens is 1. The van der Waals surface area contributed by atoms with Gasteiger partial charge in [-0.2, -0.15) is 0 Å². The predicted octanol–water partition coefficient (Wildman–Crippen LogP) is 1.34. The number of aliphatic hydroxyl groups is 1. The lowest BCUT2D eigenvalue weighted by Gasteiger charge is -2.10. The Morgan fingerprint density at radius 2 is 2.15 bits per heavy atom. The Hall–Kier alpha value is -1.29. The van der Waals surface area contributed by atoms with Crippen LogP contribution in [-0.2, 0) is 6.61 Å². The van der Waals surface area contributed by atoms with Crippen molar-refractivity contribution in [3.63, 3.8) is 0 Å². The number of aliphatic hydroxyl groups excluding tert-OH is 1. The molecule has 72 valence electrons. The van der Waals surface area contributed by atoms with Crippen molar-refractivity contribution >= 4 is 0 Å². The number of methoxy groups -OCH3 is 1. The van der Waals surface area contributed by atoms with Crippen molar-refractivity contribution in [3.8, 4) is 11.5 Å². The molecule has 0 saturated carbocycles. The van der Waals surface area contributed by atoms with E-state index >= 15 is 0 Å². The Balaban J connectivity index is 3.39. The van der Waals surface area contributed by atoms with Gasteiger partial charge in [-0.05, 0) is 18.6 Å². The molecule has 0 amide bonds. The zero-order valence-corrected chi connectivity index (χ0v) is 7.47. The molecule has 0 aliphatic rings. The molecule has 4 heteroatoms. The van der Waals surface area contributed by atoms with E-state index in [-0.39, 0.29) is 18.1 Å². The van der Waals surface area contributed by atoms with E-state index in [2.05, 4.69) is 4.74 Å². The summed E-state index contributed by atoms with van der Waals surface area (Å²) in [5.41, 5.74) is 0.788. The average molecular weight is 186 g/mol. The number of phenols is 1. The molecule has 0 aliphatic carbocycles. The average Bonchev–Trinajstić information content (AvgIpc) is 2.04. The van der Waals surface area contributed by atoms with Crippen LogP contribution >= 0.6 is 0 Å². The highest BCUT2D eigenvalue weighted by molar-refractivity contribution is 5.50. The summed E-state index contributed by atoms with van der Waals surface area (Å²) in [5.74, 6) is -1.19. The van der Waals surface area contributed by atoms with Gasteiger partial charge in [0.05, 0.1) is 13.7 Å². The second-order valence-corrected chi connectivity index (χ2v) is 2.69. The lowest BCUT2D eigenvalue weighted by Crippen LogP contribution is -1.96. The first kappa shape index (κ1) is 9.80. The highest BCUT2D eigenvalue weighted by Gasteiger charge is 2.15. The second-order valence-electron chi connectivity index (χ2n) is 2.69. The largest absolute Gasteiger partial charge is 0.504 e. The van der Waals surface area contributed by atoms with Crippen molar-refractivity contribution in [3.05, 3.63) is 23.0 Å². The molecule has 3 nitrogen and oxygen atoms in total. The Kier molecular flexibility index (Phi) is 2.72. The molecule has 0 bridgehead atoms. The monoisotopic (exact) mass is 186 g/mol. The lowest BCUT2D eigenvalue weighted by molar-refractivity contribution is 0.269. The Morgan fingerprint density at radius 1 is 1.54 bits per heavy atom. The van der Waals surface area contributed by atoms with Gasteiger partial charge in [0.1, 0.15) is 0 Å². The van der Waals surface area contributed by atoms with Crippen LogP contribution in [0.15, 0.2) is 6.07 Å². The highest BCUT2D eigenvalue weighted by atomic mass is 19.1. The van der Waals surface area contributed by atoms with Crippen molar-refractivity contribution in [2.45, 2.75) is 13.5 Å². The molecule has 0 spiro atoms. The van der Waals surface area contributed by atoms with Crippen molar-refractivity contribution in [2.75, 3.05) is 7.11 Å². The molecular weight excluding hydrogens is 175 g/mol. The van der Waals surface area contributed by atoms with Gasteiger partial charge < -0.3 is 14.9 Å². The van der Waals surface area contributed by atoms with E-state index in [1.807, 2.05) is 0 Å². The highest BCUT2D eigenvalue weighted by Crippen LogP contribution is 2.34. The van der Waals surface area contributed by atoms with Gasteiger partial charge in [-0.15, -0.1) is 0 Å². The molecule has 0 radical (unpaired) electrons. The molecule has 0 fully saturated rings. The van der Waals surface area contributed by atoms with E-state index < -0.39 is 5.82 Å². The molecule has 0 heterocycles. The van der Waals surface area contributed by atoms with E-state index in [9.17, 15) is 9.50 Å². The van der Waals surface area contributed by atoms with E-state index in [1.165, 1.54) is 13.2 Å². The molecule has 0 unspecified atom stereocenters. The van der Waals surface area contributed by atoms with Gasteiger partial charge >= 0.3 is 0 Å². The first-order chi connectivity index (χ1) is 6.11. The summed E-state index contributed by atoms with van der Waals surface area (Å²) >= 11 is 0. The number of aromatic hydroxyl groups is 1. The molecule has 2 N–H and O–H groups in total. The van der Waals surface area contributed by atoms with Crippen LogP contribution in [0.25, 0.3) is 0 Å². The number of rotatable bonds is 2. The molecule has 13 heavy (non-hydrogen) atoms. The standard InChI is InChI=1S/C9H11FO3/c1-5-3-7(10)9(13-2)8(12)6(5)4-11/h3,11-12H,4H2,1-2H3. The van der Waals surface area contributed by atoms with Crippen LogP contribution in [0, 0.1) is 12.7 Å². The number of aryl methyl sites for hydroxylation is 1. The van der Waals surface area contributed by atoms with Crippen LogP contribution in [0.5, 0.6) is 11.5 Å². The minimum absolute atomic E-state index is 0.227. The Morgan fingerprint density at radius 3 is 2.62 bits per heavy atom. The maximum absolute atomic E-state index is 13.1. The molecule has 1 aromatic carbocycles. The molecule has 0 atom stereocenters. The summed E-state index contributed by atoms with van der Waals surface area (Å²) in [5, 5.41) is 18.3. The van der Waals surface area contributed by atoms with Gasteiger partial charge in [-0.3, -0.25) is 0 Å². The lowest BCUT2D eigenvalue weighted by atomic mass is 10.1. The van der Waals surface area contributed by atoms with Gasteiger partial charge in [-0.1, -0.05) is 0 Å². The van der Waals surface area contributed by atoms with E-state index in [0.29, 0.717) is 11.1 Å². The van der Waals surface area contributed by atoms with Gasteiger partial charge in [0.15, 0.2) is 17.3 Å². The van der Waals surface area contributed by atoms with Crippen LogP contribution in [0.2, 0.25) is 0 Å². The van der Waals surface area contributed by atoms with Crippen LogP contribution < -0.4 is 4.74 Å². The molecule has 1 aromatic rings. The summed E-state index contributed by atoms with van der Waals surface area (Å²) in [7, 11) is 1.26. The number of hydrogen-bond acceptors (Lipinski definition) is 3. The van der Waals surface area contributed by atoms with Crippen LogP contribution in [0.4, 0.5) is 4.39 Å². The zero-order chi connectivity index (χ0) is 10.0. The van der Waals surface area contributed by atoms with Crippen LogP contribution in [0.1, 0.15) is 11.1 Å². The van der Waals surface area contributed by atoms with Crippen molar-refractivity contribution in [2.24, 2.45) is 0 Å². The summed E-state index contributed by atoms with van der Waals surface area (Å²) in [4.78, 5) is 0. The third-order valence-electron chi connectivity index (χ3n) is 1.90. The maximum Gasteiger partial charge on any atom is 0.196 e. The number of ether oxygens (including phenoxy) is 1. The zero-order valence-electron chi connectivity index (χ0n) is 7.47. The maximum atomic E-state index is 13.1. The smallest absolute Gasteiger partial charge is 0.196 e. The van der Waals surface area contributed by atoms with E-state index in [4.69, 9.17) is 5.11 Å². The normalized spacial score (nSPS) is 10.2. The third-order valence-corrected chi connectivity index (χ3v) is 1.90. The Labute approximate surface area is 75.4 Å². The molecule has 0 aliphatic heterocycles. The van der Waals surface area contributed by atoms with Gasteiger partial charge in [0, 0.05) is 5.56 Å².